The second-order valence-corrected chi connectivity index (χ2v) is 2.46. The molecule has 1 aromatic heterocycles. The van der Waals surface area contributed by atoms with Crippen molar-refractivity contribution in [2.75, 3.05) is 0 Å². The lowest BCUT2D eigenvalue weighted by Crippen LogP contribution is -2.31. The first-order valence-corrected chi connectivity index (χ1v) is 3.57. The Balaban J connectivity index is 3.25. The van der Waals surface area contributed by atoms with Gasteiger partial charge >= 0.3 is 5.88 Å². The minimum absolute atomic E-state index is 0.0330. The van der Waals surface area contributed by atoms with Crippen LogP contribution >= 0.6 is 0 Å². The van der Waals surface area contributed by atoms with Crippen molar-refractivity contribution in [1.29, 1.82) is 0 Å². The molecule has 0 unspecified atom stereocenters. The second-order valence-electron chi connectivity index (χ2n) is 2.46. The smallest absolute Gasteiger partial charge is 0.408 e. The molecule has 0 aliphatic carbocycles. The molecule has 0 fully saturated rings. The standard InChI is InChI=1S/C8H11NO2/c1-3-9-5-4-6(2)7(10)8(9)11/h4-5,10H,3H2,1-2H3/p+1. The highest BCUT2D eigenvalue weighted by atomic mass is 16.3. The van der Waals surface area contributed by atoms with Crippen LogP contribution in [0.1, 0.15) is 12.5 Å². The maximum Gasteiger partial charge on any atom is 0.408 e. The first kappa shape index (κ1) is 7.85. The zero-order chi connectivity index (χ0) is 8.43. The lowest BCUT2D eigenvalue weighted by atomic mass is 10.2. The Labute approximate surface area is 65.5 Å². The van der Waals surface area contributed by atoms with E-state index in [-0.39, 0.29) is 11.6 Å². The number of aryl methyl sites for hydroxylation is 2. The molecule has 1 heterocycles. The van der Waals surface area contributed by atoms with Gasteiger partial charge in [0.1, 0.15) is 6.54 Å². The molecule has 0 atom stereocenters. The molecule has 0 bridgehead atoms. The minimum Gasteiger partial charge on any atom is -0.500 e. The van der Waals surface area contributed by atoms with E-state index in [1.165, 1.54) is 0 Å². The van der Waals surface area contributed by atoms with Gasteiger partial charge in [-0.15, -0.1) is 0 Å². The highest BCUT2D eigenvalue weighted by Gasteiger charge is 2.14. The summed E-state index contributed by atoms with van der Waals surface area (Å²) in [4.78, 5) is 0. The first-order chi connectivity index (χ1) is 5.16. The number of rotatable bonds is 1. The van der Waals surface area contributed by atoms with Gasteiger partial charge in [-0.05, 0) is 13.8 Å². The Morgan fingerprint density at radius 3 is 2.64 bits per heavy atom. The van der Waals surface area contributed by atoms with E-state index in [9.17, 15) is 10.2 Å². The summed E-state index contributed by atoms with van der Waals surface area (Å²) >= 11 is 0. The summed E-state index contributed by atoms with van der Waals surface area (Å²) in [5, 5.41) is 18.5. The topological polar surface area (TPSA) is 44.3 Å². The van der Waals surface area contributed by atoms with Crippen molar-refractivity contribution in [2.45, 2.75) is 20.4 Å². The molecule has 0 saturated heterocycles. The highest BCUT2D eigenvalue weighted by Crippen LogP contribution is 2.22. The molecule has 0 saturated carbocycles. The lowest BCUT2D eigenvalue weighted by molar-refractivity contribution is -0.699. The van der Waals surface area contributed by atoms with Crippen LogP contribution in [0, 0.1) is 6.92 Å². The van der Waals surface area contributed by atoms with Gasteiger partial charge in [-0.3, -0.25) is 0 Å². The molecular formula is C8H12NO2+. The van der Waals surface area contributed by atoms with E-state index in [1.54, 1.807) is 23.8 Å². The zero-order valence-corrected chi connectivity index (χ0v) is 6.70. The second kappa shape index (κ2) is 2.78. The van der Waals surface area contributed by atoms with Gasteiger partial charge in [0.25, 0.3) is 0 Å². The number of aromatic hydroxyl groups is 2. The Bertz CT molecular complexity index is 271. The number of pyridine rings is 1. The number of nitrogens with zero attached hydrogens (tertiary/aromatic N) is 1. The molecule has 1 aromatic rings. The average molecular weight is 154 g/mol. The molecule has 0 aliphatic rings. The third kappa shape index (κ3) is 1.27. The minimum atomic E-state index is -0.0625. The van der Waals surface area contributed by atoms with Gasteiger partial charge in [0, 0.05) is 11.6 Å². The van der Waals surface area contributed by atoms with Crippen molar-refractivity contribution in [1.82, 2.24) is 0 Å². The van der Waals surface area contributed by atoms with Gasteiger partial charge in [-0.1, -0.05) is 0 Å². The fraction of sp³-hybridized carbons (Fsp3) is 0.375. The SMILES string of the molecule is CC[n+]1ccc(C)c(O)c1O. The van der Waals surface area contributed by atoms with Crippen molar-refractivity contribution in [2.24, 2.45) is 0 Å². The normalized spacial score (nSPS) is 10.0. The summed E-state index contributed by atoms with van der Waals surface area (Å²) in [7, 11) is 0. The van der Waals surface area contributed by atoms with Crippen molar-refractivity contribution in [3.05, 3.63) is 17.8 Å². The van der Waals surface area contributed by atoms with E-state index in [4.69, 9.17) is 0 Å². The molecule has 0 spiro atoms. The fourth-order valence-corrected chi connectivity index (χ4v) is 0.919. The summed E-state index contributed by atoms with van der Waals surface area (Å²) in [5.74, 6) is -0.0955. The van der Waals surface area contributed by atoms with Crippen molar-refractivity contribution in [3.8, 4) is 11.6 Å². The van der Waals surface area contributed by atoms with Gasteiger partial charge in [0.05, 0.1) is 0 Å². The van der Waals surface area contributed by atoms with Crippen LogP contribution in [0.4, 0.5) is 0 Å². The predicted octanol–water partition coefficient (Wildman–Crippen LogP) is 0.714. The van der Waals surface area contributed by atoms with E-state index in [0.717, 1.165) is 0 Å². The Kier molecular flexibility index (Phi) is 1.98. The monoisotopic (exact) mass is 154 g/mol. The van der Waals surface area contributed by atoms with Gasteiger partial charge in [-0.2, -0.15) is 4.57 Å². The summed E-state index contributed by atoms with van der Waals surface area (Å²) < 4.78 is 1.57. The number of aromatic nitrogens is 1. The number of hydrogen-bond donors (Lipinski definition) is 2. The Morgan fingerprint density at radius 2 is 2.09 bits per heavy atom. The molecule has 60 valence electrons. The molecule has 0 radical (unpaired) electrons. The van der Waals surface area contributed by atoms with Gasteiger partial charge in [0.2, 0.25) is 5.75 Å². The summed E-state index contributed by atoms with van der Waals surface area (Å²) in [6.45, 7) is 4.29. The van der Waals surface area contributed by atoms with Crippen molar-refractivity contribution in [3.63, 3.8) is 0 Å². The summed E-state index contributed by atoms with van der Waals surface area (Å²) in [6.07, 6.45) is 1.74. The van der Waals surface area contributed by atoms with Crippen LogP contribution in [0.25, 0.3) is 0 Å². The molecule has 3 nitrogen and oxygen atoms in total. The van der Waals surface area contributed by atoms with Gasteiger partial charge in [-0.25, -0.2) is 0 Å². The lowest BCUT2D eigenvalue weighted by Gasteiger charge is -1.99. The van der Waals surface area contributed by atoms with E-state index in [2.05, 4.69) is 0 Å². The van der Waals surface area contributed by atoms with Crippen LogP contribution in [0.3, 0.4) is 0 Å². The first-order valence-electron chi connectivity index (χ1n) is 3.57. The van der Waals surface area contributed by atoms with Gasteiger partial charge < -0.3 is 10.2 Å². The molecule has 0 aliphatic heterocycles. The zero-order valence-electron chi connectivity index (χ0n) is 6.70. The third-order valence-corrected chi connectivity index (χ3v) is 1.70. The Morgan fingerprint density at radius 1 is 1.45 bits per heavy atom. The quantitative estimate of drug-likeness (QED) is 0.585. The van der Waals surface area contributed by atoms with Gasteiger partial charge in [0.15, 0.2) is 6.20 Å². The molecule has 0 amide bonds. The maximum atomic E-state index is 9.29. The van der Waals surface area contributed by atoms with Crippen LogP contribution in [-0.2, 0) is 6.54 Å². The number of hydrogen-bond acceptors (Lipinski definition) is 2. The molecule has 2 N–H and O–H groups in total. The fourth-order valence-electron chi connectivity index (χ4n) is 0.919. The molecular weight excluding hydrogens is 142 g/mol. The maximum absolute atomic E-state index is 9.29. The highest BCUT2D eigenvalue weighted by molar-refractivity contribution is 5.34. The Hall–Kier alpha value is -1.25. The largest absolute Gasteiger partial charge is 0.500 e. The van der Waals surface area contributed by atoms with E-state index < -0.39 is 0 Å². The van der Waals surface area contributed by atoms with Crippen LogP contribution in [-0.4, -0.2) is 10.2 Å². The molecule has 3 heteroatoms. The van der Waals surface area contributed by atoms with Crippen LogP contribution < -0.4 is 4.57 Å². The summed E-state index contributed by atoms with van der Waals surface area (Å²) in [6, 6.07) is 1.76. The van der Waals surface area contributed by atoms with Crippen LogP contribution in [0.5, 0.6) is 11.6 Å². The molecule has 1 rings (SSSR count). The van der Waals surface area contributed by atoms with Crippen LogP contribution in [0.2, 0.25) is 0 Å². The third-order valence-electron chi connectivity index (χ3n) is 1.70. The van der Waals surface area contributed by atoms with Crippen molar-refractivity contribution >= 4 is 0 Å². The predicted molar refractivity (Wildman–Crippen MR) is 40.4 cm³/mol. The molecule has 0 aromatic carbocycles. The average Bonchev–Trinajstić information content (AvgIpc) is 2.01. The van der Waals surface area contributed by atoms with E-state index in [0.29, 0.717) is 12.1 Å². The van der Waals surface area contributed by atoms with Crippen molar-refractivity contribution < 1.29 is 14.8 Å². The molecule has 11 heavy (non-hydrogen) atoms. The van der Waals surface area contributed by atoms with E-state index >= 15 is 0 Å². The van der Waals surface area contributed by atoms with Crippen LogP contribution in [0.15, 0.2) is 12.3 Å². The summed E-state index contributed by atoms with van der Waals surface area (Å²) in [5.41, 5.74) is 0.687. The van der Waals surface area contributed by atoms with E-state index in [1.807, 2.05) is 6.92 Å².